The summed E-state index contributed by atoms with van der Waals surface area (Å²) in [6.07, 6.45) is 0. The lowest BCUT2D eigenvalue weighted by molar-refractivity contribution is 0.763. The fraction of sp³-hybridized carbons (Fsp3) is 0.333. The predicted octanol–water partition coefficient (Wildman–Crippen LogP) is 0.793. The van der Waals surface area contributed by atoms with Crippen LogP contribution in [0.1, 0.15) is 0 Å². The van der Waals surface area contributed by atoms with Gasteiger partial charge in [0.1, 0.15) is 0 Å². The molecule has 5 heteroatoms. The Balaban J connectivity index is 3.35. The Morgan fingerprint density at radius 1 is 1.88 bits per heavy atom. The van der Waals surface area contributed by atoms with Crippen molar-refractivity contribution in [3.8, 4) is 0 Å². The number of hydrogen-bond acceptors (Lipinski definition) is 4. The lowest BCUT2D eigenvalue weighted by Gasteiger charge is -1.79. The maximum Gasteiger partial charge on any atom is 0.201 e. The van der Waals surface area contributed by atoms with Crippen LogP contribution in [0.3, 0.4) is 0 Å². The van der Waals surface area contributed by atoms with Gasteiger partial charge in [0, 0.05) is 7.05 Å². The molecule has 0 unspecified atom stereocenters. The number of aryl methyl sites for hydroxylation is 1. The summed E-state index contributed by atoms with van der Waals surface area (Å²) >= 11 is 6.13. The van der Waals surface area contributed by atoms with Crippen LogP contribution in [-0.2, 0) is 7.05 Å². The fourth-order valence-corrected chi connectivity index (χ4v) is 1.18. The molecule has 0 amide bonds. The van der Waals surface area contributed by atoms with Crippen LogP contribution in [0.25, 0.3) is 0 Å². The Labute approximate surface area is 55.8 Å². The van der Waals surface area contributed by atoms with Crippen LogP contribution in [0.4, 0.5) is 5.13 Å². The van der Waals surface area contributed by atoms with Gasteiger partial charge in [-0.3, -0.25) is 0 Å². The third kappa shape index (κ3) is 0.873. The van der Waals surface area contributed by atoms with Crippen LogP contribution in [-0.4, -0.2) is 9.78 Å². The molecule has 44 valence electrons. The van der Waals surface area contributed by atoms with E-state index in [0.717, 1.165) is 0 Å². The van der Waals surface area contributed by atoms with Crippen molar-refractivity contribution in [3.63, 3.8) is 0 Å². The van der Waals surface area contributed by atoms with Gasteiger partial charge in [0.15, 0.2) is 3.95 Å². The van der Waals surface area contributed by atoms with Gasteiger partial charge in [-0.1, -0.05) is 11.3 Å². The van der Waals surface area contributed by atoms with E-state index >= 15 is 0 Å². The summed E-state index contributed by atoms with van der Waals surface area (Å²) in [4.78, 5) is 0. The fourth-order valence-electron chi connectivity index (χ4n) is 0.365. The van der Waals surface area contributed by atoms with Crippen molar-refractivity contribution in [1.82, 2.24) is 9.78 Å². The zero-order valence-electron chi connectivity index (χ0n) is 4.29. The molecule has 0 aliphatic heterocycles. The van der Waals surface area contributed by atoms with Gasteiger partial charge in [0.2, 0.25) is 5.13 Å². The third-order valence-electron chi connectivity index (χ3n) is 0.705. The van der Waals surface area contributed by atoms with Crippen molar-refractivity contribution in [1.29, 1.82) is 0 Å². The molecule has 0 spiro atoms. The van der Waals surface area contributed by atoms with E-state index in [2.05, 4.69) is 5.10 Å². The summed E-state index contributed by atoms with van der Waals surface area (Å²) in [5.74, 6) is 0. The number of nitrogens with two attached hydrogens (primary N) is 1. The predicted molar refractivity (Wildman–Crippen MR) is 36.3 cm³/mol. The van der Waals surface area contributed by atoms with Crippen molar-refractivity contribution < 1.29 is 0 Å². The third-order valence-corrected chi connectivity index (χ3v) is 1.95. The molecule has 8 heavy (non-hydrogen) atoms. The molecule has 1 aromatic heterocycles. The Morgan fingerprint density at radius 2 is 2.50 bits per heavy atom. The number of rotatable bonds is 0. The second-order valence-electron chi connectivity index (χ2n) is 1.33. The van der Waals surface area contributed by atoms with Crippen LogP contribution in [0, 0.1) is 3.95 Å². The highest BCUT2D eigenvalue weighted by Crippen LogP contribution is 2.06. The number of nitrogen functional groups attached to an aromatic ring is 1. The summed E-state index contributed by atoms with van der Waals surface area (Å²) in [6, 6.07) is 0. The van der Waals surface area contributed by atoms with Gasteiger partial charge in [0.25, 0.3) is 0 Å². The second-order valence-corrected chi connectivity index (χ2v) is 2.98. The Bertz CT molecular complexity index is 235. The molecule has 0 aliphatic rings. The Hall–Kier alpha value is -0.420. The standard InChI is InChI=1S/C3H5N3S2/c1-6-3(7)8-2(4)5-6/h1H3,(H2,4,5). The van der Waals surface area contributed by atoms with Gasteiger partial charge < -0.3 is 5.73 Å². The molecule has 0 radical (unpaired) electrons. The van der Waals surface area contributed by atoms with Crippen LogP contribution in [0.15, 0.2) is 0 Å². The van der Waals surface area contributed by atoms with Gasteiger partial charge in [-0.05, 0) is 12.2 Å². The average molecular weight is 147 g/mol. The zero-order valence-corrected chi connectivity index (χ0v) is 5.92. The topological polar surface area (TPSA) is 43.8 Å². The van der Waals surface area contributed by atoms with Gasteiger partial charge in [-0.15, -0.1) is 5.10 Å². The molecule has 0 saturated carbocycles. The molecular weight excluding hydrogens is 142 g/mol. The molecule has 1 rings (SSSR count). The van der Waals surface area contributed by atoms with E-state index in [1.54, 1.807) is 11.7 Å². The van der Waals surface area contributed by atoms with Gasteiger partial charge in [-0.25, -0.2) is 4.68 Å². The maximum absolute atomic E-state index is 5.30. The molecule has 0 saturated heterocycles. The van der Waals surface area contributed by atoms with E-state index in [1.807, 2.05) is 0 Å². The van der Waals surface area contributed by atoms with Gasteiger partial charge >= 0.3 is 0 Å². The lowest BCUT2D eigenvalue weighted by atomic mass is 11.2. The van der Waals surface area contributed by atoms with Crippen molar-refractivity contribution in [3.05, 3.63) is 3.95 Å². The number of anilines is 1. The molecule has 0 bridgehead atoms. The normalized spacial score (nSPS) is 9.62. The first-order valence-electron chi connectivity index (χ1n) is 2.00. The monoisotopic (exact) mass is 147 g/mol. The largest absolute Gasteiger partial charge is 0.374 e. The van der Waals surface area contributed by atoms with Crippen molar-refractivity contribution in [2.75, 3.05) is 5.73 Å². The average Bonchev–Trinajstić information content (AvgIpc) is 1.85. The van der Waals surface area contributed by atoms with Crippen molar-refractivity contribution in [2.45, 2.75) is 0 Å². The molecular formula is C3H5N3S2. The van der Waals surface area contributed by atoms with E-state index in [1.165, 1.54) is 11.3 Å². The molecule has 2 N–H and O–H groups in total. The summed E-state index contributed by atoms with van der Waals surface area (Å²) in [5, 5.41) is 4.34. The molecule has 3 nitrogen and oxygen atoms in total. The summed E-state index contributed by atoms with van der Waals surface area (Å²) in [7, 11) is 1.77. The minimum atomic E-state index is 0.525. The summed E-state index contributed by atoms with van der Waals surface area (Å²) in [6.45, 7) is 0. The smallest absolute Gasteiger partial charge is 0.201 e. The maximum atomic E-state index is 5.30. The number of hydrogen-bond donors (Lipinski definition) is 1. The van der Waals surface area contributed by atoms with Crippen LogP contribution >= 0.6 is 23.6 Å². The van der Waals surface area contributed by atoms with Crippen molar-refractivity contribution in [2.24, 2.45) is 7.05 Å². The zero-order chi connectivity index (χ0) is 6.15. The van der Waals surface area contributed by atoms with E-state index in [-0.39, 0.29) is 0 Å². The Kier molecular flexibility index (Phi) is 1.31. The summed E-state index contributed by atoms with van der Waals surface area (Å²) < 4.78 is 2.29. The highest BCUT2D eigenvalue weighted by Gasteiger charge is 1.90. The molecule has 1 heterocycles. The van der Waals surface area contributed by atoms with E-state index in [9.17, 15) is 0 Å². The minimum absolute atomic E-state index is 0.525. The SMILES string of the molecule is Cn1nc(N)sc1=S. The van der Waals surface area contributed by atoms with Crippen LogP contribution < -0.4 is 5.73 Å². The highest BCUT2D eigenvalue weighted by atomic mass is 32.1. The minimum Gasteiger partial charge on any atom is -0.374 e. The van der Waals surface area contributed by atoms with E-state index in [0.29, 0.717) is 9.09 Å². The van der Waals surface area contributed by atoms with E-state index in [4.69, 9.17) is 18.0 Å². The lowest BCUT2D eigenvalue weighted by Crippen LogP contribution is -1.91. The molecule has 1 aromatic rings. The molecule has 0 aliphatic carbocycles. The highest BCUT2D eigenvalue weighted by molar-refractivity contribution is 7.73. The van der Waals surface area contributed by atoms with Crippen molar-refractivity contribution >= 4 is 28.7 Å². The first kappa shape index (κ1) is 5.71. The molecule has 0 aromatic carbocycles. The first-order valence-corrected chi connectivity index (χ1v) is 3.22. The van der Waals surface area contributed by atoms with Crippen LogP contribution in [0.2, 0.25) is 0 Å². The van der Waals surface area contributed by atoms with Gasteiger partial charge in [-0.2, -0.15) is 0 Å². The molecule has 0 fully saturated rings. The quantitative estimate of drug-likeness (QED) is 0.552. The number of aromatic nitrogens is 2. The van der Waals surface area contributed by atoms with E-state index < -0.39 is 0 Å². The summed E-state index contributed by atoms with van der Waals surface area (Å²) in [5.41, 5.74) is 5.30. The van der Waals surface area contributed by atoms with Crippen LogP contribution in [0.5, 0.6) is 0 Å². The Morgan fingerprint density at radius 3 is 2.62 bits per heavy atom. The van der Waals surface area contributed by atoms with Gasteiger partial charge in [0.05, 0.1) is 0 Å². The first-order chi connectivity index (χ1) is 3.70. The number of nitrogens with zero attached hydrogens (tertiary/aromatic N) is 2. The molecule has 0 atom stereocenters. The second kappa shape index (κ2) is 1.83.